The zero-order valence-corrected chi connectivity index (χ0v) is 8.98. The molecular formula is C8H5BrClO3-. The number of aromatic carboxylic acids is 1. The van der Waals surface area contributed by atoms with E-state index in [1.165, 1.54) is 19.2 Å². The van der Waals surface area contributed by atoms with E-state index in [-0.39, 0.29) is 11.3 Å². The smallest absolute Gasteiger partial charge is 0.129 e. The Morgan fingerprint density at radius 1 is 1.62 bits per heavy atom. The summed E-state index contributed by atoms with van der Waals surface area (Å²) in [5.41, 5.74) is -0.0289. The maximum absolute atomic E-state index is 10.6. The third-order valence-corrected chi connectivity index (χ3v) is 2.66. The van der Waals surface area contributed by atoms with Gasteiger partial charge in [0.25, 0.3) is 0 Å². The molecule has 0 amide bonds. The van der Waals surface area contributed by atoms with Crippen LogP contribution in [0.1, 0.15) is 10.4 Å². The molecular weight excluding hydrogens is 259 g/mol. The summed E-state index contributed by atoms with van der Waals surface area (Å²) in [5, 5.41) is 11.0. The monoisotopic (exact) mass is 263 g/mol. The van der Waals surface area contributed by atoms with Crippen LogP contribution in [0.15, 0.2) is 16.6 Å². The Morgan fingerprint density at radius 2 is 2.23 bits per heavy atom. The average molecular weight is 264 g/mol. The molecule has 5 heteroatoms. The van der Waals surface area contributed by atoms with Crippen molar-refractivity contribution in [2.45, 2.75) is 0 Å². The lowest BCUT2D eigenvalue weighted by Gasteiger charge is -2.10. The molecule has 0 aliphatic heterocycles. The maximum atomic E-state index is 10.6. The number of methoxy groups -OCH3 is 1. The van der Waals surface area contributed by atoms with Crippen LogP contribution in [-0.2, 0) is 0 Å². The zero-order chi connectivity index (χ0) is 10.0. The molecule has 0 aliphatic carbocycles. The number of carbonyl (C=O) groups excluding carboxylic acids is 1. The van der Waals surface area contributed by atoms with E-state index in [4.69, 9.17) is 16.3 Å². The first-order valence-corrected chi connectivity index (χ1v) is 4.47. The van der Waals surface area contributed by atoms with Crippen molar-refractivity contribution < 1.29 is 14.6 Å². The minimum absolute atomic E-state index is 0.0289. The van der Waals surface area contributed by atoms with Gasteiger partial charge in [-0.3, -0.25) is 0 Å². The van der Waals surface area contributed by atoms with Crippen molar-refractivity contribution >= 4 is 33.5 Å². The summed E-state index contributed by atoms with van der Waals surface area (Å²) < 4.78 is 5.31. The van der Waals surface area contributed by atoms with Gasteiger partial charge >= 0.3 is 0 Å². The van der Waals surface area contributed by atoms with Crippen molar-refractivity contribution in [2.75, 3.05) is 7.11 Å². The highest BCUT2D eigenvalue weighted by molar-refractivity contribution is 9.10. The third-order valence-electron chi connectivity index (χ3n) is 1.46. The molecule has 1 aromatic rings. The molecule has 0 atom stereocenters. The second kappa shape index (κ2) is 3.98. The highest BCUT2D eigenvalue weighted by Gasteiger charge is 2.07. The molecule has 1 aromatic carbocycles. The third kappa shape index (κ3) is 2.14. The van der Waals surface area contributed by atoms with Crippen LogP contribution in [0.5, 0.6) is 5.75 Å². The minimum Gasteiger partial charge on any atom is -0.545 e. The highest BCUT2D eigenvalue weighted by Crippen LogP contribution is 2.30. The number of benzene rings is 1. The van der Waals surface area contributed by atoms with Gasteiger partial charge in [-0.1, -0.05) is 11.6 Å². The lowest BCUT2D eigenvalue weighted by molar-refractivity contribution is -0.255. The Kier molecular flexibility index (Phi) is 3.17. The molecule has 3 nitrogen and oxygen atoms in total. The number of rotatable bonds is 2. The quantitative estimate of drug-likeness (QED) is 0.813. The fourth-order valence-electron chi connectivity index (χ4n) is 0.857. The van der Waals surface area contributed by atoms with Crippen LogP contribution in [0.3, 0.4) is 0 Å². The van der Waals surface area contributed by atoms with Gasteiger partial charge in [-0.25, -0.2) is 0 Å². The molecule has 0 spiro atoms. The van der Waals surface area contributed by atoms with Crippen molar-refractivity contribution in [1.29, 1.82) is 0 Å². The molecule has 0 heterocycles. The van der Waals surface area contributed by atoms with E-state index in [9.17, 15) is 9.90 Å². The average Bonchev–Trinajstić information content (AvgIpc) is 2.08. The molecule has 0 aromatic heterocycles. The molecule has 0 radical (unpaired) electrons. The van der Waals surface area contributed by atoms with Crippen LogP contribution >= 0.6 is 27.5 Å². The van der Waals surface area contributed by atoms with E-state index in [2.05, 4.69) is 15.9 Å². The minimum atomic E-state index is -1.30. The lowest BCUT2D eigenvalue weighted by Crippen LogP contribution is -2.22. The first-order valence-electron chi connectivity index (χ1n) is 3.30. The van der Waals surface area contributed by atoms with Crippen molar-refractivity contribution in [1.82, 2.24) is 0 Å². The van der Waals surface area contributed by atoms with Crippen LogP contribution in [0, 0.1) is 0 Å². The van der Waals surface area contributed by atoms with Crippen molar-refractivity contribution in [3.63, 3.8) is 0 Å². The highest BCUT2D eigenvalue weighted by atomic mass is 79.9. The summed E-state index contributed by atoms with van der Waals surface area (Å²) in [7, 11) is 1.37. The number of carboxylic acids is 1. The normalized spacial score (nSPS) is 9.77. The Balaban J connectivity index is 3.33. The van der Waals surface area contributed by atoms with Gasteiger partial charge in [-0.05, 0) is 22.0 Å². The Morgan fingerprint density at radius 3 is 2.69 bits per heavy atom. The van der Waals surface area contributed by atoms with Crippen LogP contribution in [0.4, 0.5) is 0 Å². The maximum Gasteiger partial charge on any atom is 0.129 e. The second-order valence-corrected chi connectivity index (χ2v) is 3.52. The Labute approximate surface area is 88.4 Å². The predicted octanol–water partition coefficient (Wildman–Crippen LogP) is 1.47. The van der Waals surface area contributed by atoms with Gasteiger partial charge in [-0.15, -0.1) is 0 Å². The topological polar surface area (TPSA) is 49.4 Å². The number of carboxylic acid groups (broad SMARTS) is 1. The van der Waals surface area contributed by atoms with Gasteiger partial charge in [0.2, 0.25) is 0 Å². The molecule has 0 aliphatic rings. The van der Waals surface area contributed by atoms with Gasteiger partial charge < -0.3 is 14.6 Å². The fourth-order valence-corrected chi connectivity index (χ4v) is 1.35. The van der Waals surface area contributed by atoms with E-state index >= 15 is 0 Å². The summed E-state index contributed by atoms with van der Waals surface area (Å²) in [6.45, 7) is 0. The first kappa shape index (κ1) is 10.3. The lowest BCUT2D eigenvalue weighted by atomic mass is 10.2. The molecule has 1 rings (SSSR count). The van der Waals surface area contributed by atoms with Gasteiger partial charge in [-0.2, -0.15) is 0 Å². The molecule has 0 N–H and O–H groups in total. The number of halogens is 2. The van der Waals surface area contributed by atoms with E-state index in [0.29, 0.717) is 9.50 Å². The summed E-state index contributed by atoms with van der Waals surface area (Å²) in [6, 6.07) is 2.76. The van der Waals surface area contributed by atoms with Gasteiger partial charge in [0, 0.05) is 16.1 Å². The van der Waals surface area contributed by atoms with Crippen LogP contribution in [0.25, 0.3) is 0 Å². The predicted molar refractivity (Wildman–Crippen MR) is 50.0 cm³/mol. The largest absolute Gasteiger partial charge is 0.545 e. The number of hydrogen-bond donors (Lipinski definition) is 0. The van der Waals surface area contributed by atoms with Crippen LogP contribution in [-0.4, -0.2) is 13.1 Å². The SMILES string of the molecule is COc1cc(Cl)c(Br)cc1C(=O)[O-]. The summed E-state index contributed by atoms with van der Waals surface area (Å²) in [5.74, 6) is -1.11. The number of carbonyl (C=O) groups is 1. The molecule has 13 heavy (non-hydrogen) atoms. The van der Waals surface area contributed by atoms with Gasteiger partial charge in [0.1, 0.15) is 5.75 Å². The van der Waals surface area contributed by atoms with Crippen molar-refractivity contribution in [3.05, 3.63) is 27.2 Å². The molecule has 0 saturated heterocycles. The molecule has 0 fully saturated rings. The molecule has 0 saturated carbocycles. The first-order chi connectivity index (χ1) is 6.06. The van der Waals surface area contributed by atoms with Gasteiger partial charge in [0.15, 0.2) is 0 Å². The Bertz CT molecular complexity index is 351. The van der Waals surface area contributed by atoms with E-state index in [0.717, 1.165) is 0 Å². The summed E-state index contributed by atoms with van der Waals surface area (Å²) in [4.78, 5) is 10.6. The number of ether oxygens (including phenoxy) is 1. The molecule has 0 bridgehead atoms. The standard InChI is InChI=1S/C8H6BrClO3/c1-13-7-3-6(10)5(9)2-4(7)8(11)12/h2-3H,1H3,(H,11,12)/p-1. The molecule has 0 unspecified atom stereocenters. The zero-order valence-electron chi connectivity index (χ0n) is 6.64. The van der Waals surface area contributed by atoms with E-state index in [1.807, 2.05) is 0 Å². The van der Waals surface area contributed by atoms with Crippen molar-refractivity contribution in [2.24, 2.45) is 0 Å². The summed E-state index contributed by atoms with van der Waals surface area (Å²) >= 11 is 8.83. The number of hydrogen-bond acceptors (Lipinski definition) is 3. The summed E-state index contributed by atoms with van der Waals surface area (Å²) in [6.07, 6.45) is 0. The van der Waals surface area contributed by atoms with E-state index < -0.39 is 5.97 Å². The van der Waals surface area contributed by atoms with E-state index in [1.54, 1.807) is 0 Å². The fraction of sp³-hybridized carbons (Fsp3) is 0.125. The van der Waals surface area contributed by atoms with Gasteiger partial charge in [0.05, 0.1) is 18.1 Å². The molecule has 70 valence electrons. The Hall–Kier alpha value is -0.740. The van der Waals surface area contributed by atoms with Crippen molar-refractivity contribution in [3.8, 4) is 5.75 Å². The van der Waals surface area contributed by atoms with Crippen LogP contribution < -0.4 is 9.84 Å². The van der Waals surface area contributed by atoms with Crippen LogP contribution in [0.2, 0.25) is 5.02 Å². The second-order valence-electron chi connectivity index (χ2n) is 2.25.